The van der Waals surface area contributed by atoms with Gasteiger partial charge in [0, 0.05) is 35.2 Å². The molecule has 2 nitrogen and oxygen atoms in total. The number of nitrogens with zero attached hydrogens (tertiary/aromatic N) is 1. The lowest BCUT2D eigenvalue weighted by Gasteiger charge is -2.37. The Hall–Kier alpha value is -0.220. The summed E-state index contributed by atoms with van der Waals surface area (Å²) in [5.74, 6) is 1.18. The highest BCUT2D eigenvalue weighted by atomic mass is 35.5. The van der Waals surface area contributed by atoms with Gasteiger partial charge >= 0.3 is 0 Å². The van der Waals surface area contributed by atoms with Gasteiger partial charge in [-0.1, -0.05) is 29.8 Å². The molecular weight excluding hydrogens is 278 g/mol. The molecule has 1 aliphatic rings. The minimum absolute atomic E-state index is 0.327. The lowest BCUT2D eigenvalue weighted by atomic mass is 10.1. The smallest absolute Gasteiger partial charge is 0.0816 e. The first-order chi connectivity index (χ1) is 8.98. The van der Waals surface area contributed by atoms with E-state index in [9.17, 15) is 5.11 Å². The van der Waals surface area contributed by atoms with Gasteiger partial charge in [0.25, 0.3) is 0 Å². The van der Waals surface area contributed by atoms with Crippen LogP contribution in [0.3, 0.4) is 0 Å². The third kappa shape index (κ3) is 4.38. The number of hydrogen-bond acceptors (Lipinski definition) is 3. The van der Waals surface area contributed by atoms with Crippen LogP contribution < -0.4 is 0 Å². The first kappa shape index (κ1) is 15.2. The molecule has 1 aliphatic heterocycles. The molecule has 106 valence electrons. The monoisotopic (exact) mass is 299 g/mol. The number of thioether (sulfide) groups is 1. The van der Waals surface area contributed by atoms with Crippen LogP contribution in [0.2, 0.25) is 5.02 Å². The molecule has 0 radical (unpaired) electrons. The molecule has 19 heavy (non-hydrogen) atoms. The van der Waals surface area contributed by atoms with Crippen LogP contribution in [-0.4, -0.2) is 40.1 Å². The number of hydrogen-bond donors (Lipinski definition) is 1. The van der Waals surface area contributed by atoms with Crippen molar-refractivity contribution in [2.75, 3.05) is 25.4 Å². The third-order valence-corrected chi connectivity index (χ3v) is 5.13. The van der Waals surface area contributed by atoms with Crippen molar-refractivity contribution < 1.29 is 5.11 Å². The largest absolute Gasteiger partial charge is 0.388 e. The van der Waals surface area contributed by atoms with E-state index in [1.807, 2.05) is 36.0 Å². The zero-order chi connectivity index (χ0) is 13.9. The van der Waals surface area contributed by atoms with Gasteiger partial charge in [-0.05, 0) is 31.9 Å². The van der Waals surface area contributed by atoms with Crippen LogP contribution >= 0.6 is 23.4 Å². The van der Waals surface area contributed by atoms with E-state index in [4.69, 9.17) is 11.6 Å². The number of rotatable bonds is 4. The number of aliphatic hydroxyl groups excluding tert-OH is 1. The summed E-state index contributed by atoms with van der Waals surface area (Å²) in [6, 6.07) is 7.55. The predicted molar refractivity (Wildman–Crippen MR) is 84.0 cm³/mol. The number of halogens is 1. The Bertz CT molecular complexity index is 424. The van der Waals surface area contributed by atoms with Gasteiger partial charge in [-0.15, -0.1) is 0 Å². The van der Waals surface area contributed by atoms with E-state index in [0.29, 0.717) is 9.77 Å². The summed E-state index contributed by atoms with van der Waals surface area (Å²) in [6.45, 7) is 7.70. The van der Waals surface area contributed by atoms with Crippen molar-refractivity contribution in [2.45, 2.75) is 31.1 Å². The Morgan fingerprint density at radius 1 is 1.42 bits per heavy atom. The second kappa shape index (κ2) is 6.49. The fourth-order valence-electron chi connectivity index (χ4n) is 2.51. The standard InChI is InChI=1S/C15H22ClNOS/c1-15(2)11-17(9-10-19-15)8-7-14(18)12-5-3-4-6-13(12)16/h3-6,14,18H,7-11H2,1-2H3. The highest BCUT2D eigenvalue weighted by Crippen LogP contribution is 2.30. The molecule has 0 spiro atoms. The summed E-state index contributed by atoms with van der Waals surface area (Å²) in [6.07, 6.45) is 0.274. The maximum atomic E-state index is 10.2. The molecule has 1 N–H and O–H groups in total. The molecule has 2 rings (SSSR count). The van der Waals surface area contributed by atoms with Crippen LogP contribution in [0, 0.1) is 0 Å². The number of benzene rings is 1. The van der Waals surface area contributed by atoms with E-state index >= 15 is 0 Å². The first-order valence-electron chi connectivity index (χ1n) is 6.77. The third-order valence-electron chi connectivity index (χ3n) is 3.49. The van der Waals surface area contributed by atoms with Crippen molar-refractivity contribution in [1.82, 2.24) is 4.90 Å². The normalized spacial score (nSPS) is 21.3. The quantitative estimate of drug-likeness (QED) is 0.919. The molecule has 0 aliphatic carbocycles. The molecule has 0 bridgehead atoms. The fraction of sp³-hybridized carbons (Fsp3) is 0.600. The van der Waals surface area contributed by atoms with Gasteiger partial charge in [0.1, 0.15) is 0 Å². The van der Waals surface area contributed by atoms with Crippen molar-refractivity contribution in [3.63, 3.8) is 0 Å². The summed E-state index contributed by atoms with van der Waals surface area (Å²) < 4.78 is 0.327. The SMILES string of the molecule is CC1(C)CN(CCC(O)c2ccccc2Cl)CCS1. The van der Waals surface area contributed by atoms with E-state index < -0.39 is 6.10 Å². The Morgan fingerprint density at radius 3 is 2.84 bits per heavy atom. The van der Waals surface area contributed by atoms with Crippen LogP contribution in [0.4, 0.5) is 0 Å². The summed E-state index contributed by atoms with van der Waals surface area (Å²) >= 11 is 8.14. The van der Waals surface area contributed by atoms with Crippen LogP contribution in [-0.2, 0) is 0 Å². The van der Waals surface area contributed by atoms with Gasteiger partial charge in [-0.3, -0.25) is 0 Å². The van der Waals surface area contributed by atoms with E-state index in [1.54, 1.807) is 0 Å². The Labute approximate surface area is 125 Å². The minimum Gasteiger partial charge on any atom is -0.388 e. The second-order valence-corrected chi connectivity index (χ2v) is 7.92. The lowest BCUT2D eigenvalue weighted by Crippen LogP contribution is -2.43. The highest BCUT2D eigenvalue weighted by Gasteiger charge is 2.27. The van der Waals surface area contributed by atoms with Gasteiger partial charge < -0.3 is 10.0 Å². The Balaban J connectivity index is 1.87. The molecule has 0 saturated carbocycles. The fourth-order valence-corrected chi connectivity index (χ4v) is 3.95. The average molecular weight is 300 g/mol. The Morgan fingerprint density at radius 2 is 2.16 bits per heavy atom. The molecule has 0 amide bonds. The molecule has 1 atom stereocenters. The van der Waals surface area contributed by atoms with Crippen LogP contribution in [0.15, 0.2) is 24.3 Å². The maximum absolute atomic E-state index is 10.2. The highest BCUT2D eigenvalue weighted by molar-refractivity contribution is 8.00. The van der Waals surface area contributed by atoms with Crippen LogP contribution in [0.5, 0.6) is 0 Å². The van der Waals surface area contributed by atoms with E-state index in [0.717, 1.165) is 31.6 Å². The summed E-state index contributed by atoms with van der Waals surface area (Å²) in [4.78, 5) is 2.44. The molecule has 1 fully saturated rings. The number of aliphatic hydroxyl groups is 1. The summed E-state index contributed by atoms with van der Waals surface area (Å²) in [5, 5.41) is 10.9. The average Bonchev–Trinajstić information content (AvgIpc) is 2.35. The van der Waals surface area contributed by atoms with E-state index in [-0.39, 0.29) is 0 Å². The maximum Gasteiger partial charge on any atom is 0.0816 e. The molecular formula is C15H22ClNOS. The topological polar surface area (TPSA) is 23.5 Å². The molecule has 1 saturated heterocycles. The van der Waals surface area contributed by atoms with Gasteiger partial charge in [-0.25, -0.2) is 0 Å². The first-order valence-corrected chi connectivity index (χ1v) is 8.13. The lowest BCUT2D eigenvalue weighted by molar-refractivity contribution is 0.140. The Kier molecular flexibility index (Phi) is 5.18. The van der Waals surface area contributed by atoms with E-state index in [2.05, 4.69) is 18.7 Å². The molecule has 1 aromatic carbocycles. The second-order valence-electron chi connectivity index (χ2n) is 5.71. The van der Waals surface area contributed by atoms with Gasteiger partial charge in [0.05, 0.1) is 6.10 Å². The van der Waals surface area contributed by atoms with E-state index in [1.165, 1.54) is 5.75 Å². The zero-order valence-corrected chi connectivity index (χ0v) is 13.2. The van der Waals surface area contributed by atoms with Crippen LogP contribution in [0.1, 0.15) is 31.9 Å². The van der Waals surface area contributed by atoms with Crippen molar-refractivity contribution >= 4 is 23.4 Å². The van der Waals surface area contributed by atoms with Gasteiger partial charge in [-0.2, -0.15) is 11.8 Å². The minimum atomic E-state index is -0.466. The van der Waals surface area contributed by atoms with Crippen molar-refractivity contribution in [3.8, 4) is 0 Å². The zero-order valence-electron chi connectivity index (χ0n) is 11.6. The summed E-state index contributed by atoms with van der Waals surface area (Å²) in [7, 11) is 0. The molecule has 1 unspecified atom stereocenters. The predicted octanol–water partition coefficient (Wildman–Crippen LogP) is 3.59. The van der Waals surface area contributed by atoms with Crippen molar-refractivity contribution in [2.24, 2.45) is 0 Å². The van der Waals surface area contributed by atoms with Gasteiger partial charge in [0.2, 0.25) is 0 Å². The molecule has 0 aromatic heterocycles. The molecule has 1 aromatic rings. The van der Waals surface area contributed by atoms with Crippen molar-refractivity contribution in [3.05, 3.63) is 34.9 Å². The van der Waals surface area contributed by atoms with Crippen LogP contribution in [0.25, 0.3) is 0 Å². The summed E-state index contributed by atoms with van der Waals surface area (Å²) in [5.41, 5.74) is 0.842. The molecule has 1 heterocycles. The molecule has 4 heteroatoms. The van der Waals surface area contributed by atoms with Gasteiger partial charge in [0.15, 0.2) is 0 Å². The van der Waals surface area contributed by atoms with Crippen molar-refractivity contribution in [1.29, 1.82) is 0 Å².